The smallest absolute Gasteiger partial charge is 0.550 e. The Morgan fingerprint density at radius 3 is 0.960 bits per heavy atom. The predicted molar refractivity (Wildman–Crippen MR) is 95.1 cm³/mol. The molecular weight excluding hydrogens is 430 g/mol. The molecule has 0 atom stereocenters. The van der Waals surface area contributed by atoms with E-state index in [1.807, 2.05) is 0 Å². The minimum atomic E-state index is -1.08. The molecule has 3 rings (SSSR count). The van der Waals surface area contributed by atoms with Crippen LogP contribution in [0.3, 0.4) is 0 Å². The minimum Gasteiger partial charge on any atom is -0.550 e. The molecule has 0 N–H and O–H groups in total. The molecular formula is C19H33O4PPd. The van der Waals surface area contributed by atoms with E-state index in [1.54, 1.807) is 77.0 Å². The third-order valence-electron chi connectivity index (χ3n) is 5.24. The monoisotopic (exact) mass is 462 g/mol. The van der Waals surface area contributed by atoms with Gasteiger partial charge in [0.05, 0.1) is 0 Å². The van der Waals surface area contributed by atoms with Crippen LogP contribution in [-0.4, -0.2) is 28.9 Å². The summed E-state index contributed by atoms with van der Waals surface area (Å²) in [4.78, 5) is 17.8. The summed E-state index contributed by atoms with van der Waals surface area (Å²) in [5, 5.41) is 17.8. The Balaban J connectivity index is 0.000000549. The van der Waals surface area contributed by atoms with Crippen LogP contribution in [0.4, 0.5) is 0 Å². The minimum absolute atomic E-state index is 0. The Kier molecular flexibility index (Phi) is 14.2. The molecule has 3 saturated carbocycles. The van der Waals surface area contributed by atoms with E-state index in [4.69, 9.17) is 19.8 Å². The van der Waals surface area contributed by atoms with Crippen molar-refractivity contribution in [3.63, 3.8) is 0 Å². The van der Waals surface area contributed by atoms with Crippen LogP contribution in [0.2, 0.25) is 0 Å². The van der Waals surface area contributed by atoms with Gasteiger partial charge in [-0.1, -0.05) is 46.4 Å². The largest absolute Gasteiger partial charge is 2.00 e. The molecule has 25 heavy (non-hydrogen) atoms. The Morgan fingerprint density at radius 1 is 0.640 bits per heavy atom. The molecule has 4 nitrogen and oxygen atoms in total. The van der Waals surface area contributed by atoms with E-state index in [-0.39, 0.29) is 20.4 Å². The topological polar surface area (TPSA) is 80.3 Å². The molecule has 0 aliphatic heterocycles. The van der Waals surface area contributed by atoms with Gasteiger partial charge in [0.25, 0.3) is 0 Å². The molecule has 0 aromatic rings. The van der Waals surface area contributed by atoms with Crippen molar-refractivity contribution in [3.05, 3.63) is 0 Å². The maximum Gasteiger partial charge on any atom is 2.00 e. The summed E-state index contributed by atoms with van der Waals surface area (Å²) in [6.07, 6.45) is 19.0. The average molecular weight is 463 g/mol. The fraction of sp³-hybridized carbons (Fsp3) is 0.895. The fourth-order valence-electron chi connectivity index (χ4n) is 4.50. The first kappa shape index (κ1) is 25.0. The number of carboxylic acid groups (broad SMARTS) is 2. The molecule has 6 heteroatoms. The van der Waals surface area contributed by atoms with E-state index in [0.29, 0.717) is 7.92 Å². The molecule has 0 aromatic carbocycles. The van der Waals surface area contributed by atoms with Gasteiger partial charge in [0.15, 0.2) is 0 Å². The molecule has 3 fully saturated rings. The van der Waals surface area contributed by atoms with E-state index in [9.17, 15) is 0 Å². The SMILES string of the molecule is C1CCC(P(C2CCCC2)C2CCCC2)C1.CC(=O)[O-].CC(=O)[O-].[Pd+2]. The van der Waals surface area contributed by atoms with Crippen LogP contribution in [0.15, 0.2) is 0 Å². The zero-order chi connectivity index (χ0) is 17.9. The zero-order valence-corrected chi connectivity index (χ0v) is 18.1. The normalized spacial score (nSPS) is 21.1. The van der Waals surface area contributed by atoms with Crippen molar-refractivity contribution in [2.45, 2.75) is 108 Å². The van der Waals surface area contributed by atoms with Crippen molar-refractivity contribution in [2.24, 2.45) is 0 Å². The number of aliphatic carboxylic acids is 2. The number of carboxylic acids is 2. The quantitative estimate of drug-likeness (QED) is 0.477. The van der Waals surface area contributed by atoms with Gasteiger partial charge in [-0.15, -0.1) is 0 Å². The van der Waals surface area contributed by atoms with Gasteiger partial charge in [0.1, 0.15) is 0 Å². The van der Waals surface area contributed by atoms with Crippen LogP contribution in [0.5, 0.6) is 0 Å². The molecule has 0 heterocycles. The van der Waals surface area contributed by atoms with E-state index in [2.05, 4.69) is 0 Å². The molecule has 0 radical (unpaired) electrons. The summed E-state index contributed by atoms with van der Waals surface area (Å²) in [5.41, 5.74) is 3.63. The van der Waals surface area contributed by atoms with Crippen LogP contribution in [0.25, 0.3) is 0 Å². The van der Waals surface area contributed by atoms with Gasteiger partial charge in [0.2, 0.25) is 0 Å². The van der Waals surface area contributed by atoms with Gasteiger partial charge < -0.3 is 19.8 Å². The average Bonchev–Trinajstić information content (AvgIpc) is 3.23. The van der Waals surface area contributed by atoms with E-state index in [0.717, 1.165) is 13.8 Å². The van der Waals surface area contributed by atoms with E-state index < -0.39 is 11.9 Å². The molecule has 3 aliphatic rings. The Labute approximate surface area is 167 Å². The van der Waals surface area contributed by atoms with Crippen LogP contribution in [0.1, 0.15) is 90.9 Å². The first-order valence-corrected chi connectivity index (χ1v) is 11.1. The summed E-state index contributed by atoms with van der Waals surface area (Å²) in [7, 11) is 0.436. The molecule has 0 unspecified atom stereocenters. The maximum atomic E-state index is 8.89. The van der Waals surface area contributed by atoms with Crippen LogP contribution >= 0.6 is 7.92 Å². The molecule has 0 amide bonds. The number of carbonyl (C=O) groups is 2. The molecule has 0 aromatic heterocycles. The number of carbonyl (C=O) groups excluding carboxylic acids is 2. The first-order chi connectivity index (χ1) is 11.4. The van der Waals surface area contributed by atoms with Gasteiger partial charge >= 0.3 is 20.4 Å². The third kappa shape index (κ3) is 10.7. The second kappa shape index (κ2) is 14.1. The standard InChI is InChI=1S/C15H27P.2C2H4O2.Pd/c1-2-8-13(7-1)16(14-9-3-4-10-14)15-11-5-6-12-15;2*1-2(3)4;/h13-15H,1-12H2;2*1H3,(H,3,4);/q;;;+2/p-2. The van der Waals surface area contributed by atoms with Gasteiger partial charge in [0, 0.05) is 11.9 Å². The first-order valence-electron chi connectivity index (χ1n) is 9.54. The maximum absolute atomic E-state index is 8.89. The summed E-state index contributed by atoms with van der Waals surface area (Å²) in [5.74, 6) is -2.17. The molecule has 148 valence electrons. The fourth-order valence-corrected chi connectivity index (χ4v) is 9.17. The Bertz CT molecular complexity index is 316. The second-order valence-corrected chi connectivity index (χ2v) is 10.3. The van der Waals surface area contributed by atoms with Crippen molar-refractivity contribution in [3.8, 4) is 0 Å². The summed E-state index contributed by atoms with van der Waals surface area (Å²) >= 11 is 0. The van der Waals surface area contributed by atoms with Gasteiger partial charge in [-0.25, -0.2) is 0 Å². The number of hydrogen-bond acceptors (Lipinski definition) is 4. The number of rotatable bonds is 3. The van der Waals surface area contributed by atoms with Crippen molar-refractivity contribution in [1.82, 2.24) is 0 Å². The Morgan fingerprint density at radius 2 is 0.800 bits per heavy atom. The van der Waals surface area contributed by atoms with Crippen molar-refractivity contribution in [1.29, 1.82) is 0 Å². The summed E-state index contributed by atoms with van der Waals surface area (Å²) < 4.78 is 0. The van der Waals surface area contributed by atoms with Crippen LogP contribution in [0, 0.1) is 0 Å². The van der Waals surface area contributed by atoms with Crippen molar-refractivity contribution < 1.29 is 40.2 Å². The van der Waals surface area contributed by atoms with Crippen LogP contribution in [-0.2, 0) is 30.0 Å². The van der Waals surface area contributed by atoms with Crippen molar-refractivity contribution >= 4 is 19.9 Å². The second-order valence-electron chi connectivity index (χ2n) is 7.25. The molecule has 0 bridgehead atoms. The molecule has 0 saturated heterocycles. The van der Waals surface area contributed by atoms with Gasteiger partial charge in [-0.05, 0) is 69.3 Å². The van der Waals surface area contributed by atoms with Crippen molar-refractivity contribution in [2.75, 3.05) is 0 Å². The Hall–Kier alpha value is 0.0323. The number of hydrogen-bond donors (Lipinski definition) is 0. The van der Waals surface area contributed by atoms with E-state index >= 15 is 0 Å². The predicted octanol–water partition coefficient (Wildman–Crippen LogP) is 2.81. The van der Waals surface area contributed by atoms with E-state index in [1.165, 1.54) is 17.0 Å². The van der Waals surface area contributed by atoms with Gasteiger partial charge in [-0.3, -0.25) is 0 Å². The van der Waals surface area contributed by atoms with Crippen LogP contribution < -0.4 is 10.2 Å². The molecule has 0 spiro atoms. The zero-order valence-electron chi connectivity index (χ0n) is 15.6. The summed E-state index contributed by atoms with van der Waals surface area (Å²) in [6, 6.07) is 0. The third-order valence-corrected chi connectivity index (χ3v) is 9.32. The molecule has 3 aliphatic carbocycles. The summed E-state index contributed by atoms with van der Waals surface area (Å²) in [6.45, 7) is 1.94. The van der Waals surface area contributed by atoms with Gasteiger partial charge in [-0.2, -0.15) is 0 Å².